The third kappa shape index (κ3) is 4.50. The highest BCUT2D eigenvalue weighted by atomic mass is 16.5. The van der Waals surface area contributed by atoms with E-state index in [9.17, 15) is 9.59 Å². The number of amides is 2. The van der Waals surface area contributed by atoms with Gasteiger partial charge in [0.15, 0.2) is 11.5 Å². The van der Waals surface area contributed by atoms with Crippen molar-refractivity contribution in [3.63, 3.8) is 0 Å². The van der Waals surface area contributed by atoms with Crippen molar-refractivity contribution in [1.82, 2.24) is 15.1 Å². The molecule has 8 nitrogen and oxygen atoms in total. The molecule has 0 saturated carbocycles. The predicted octanol–water partition coefficient (Wildman–Crippen LogP) is 2.30. The molecular formula is C24H31N3O5. The molecule has 2 aromatic carbocycles. The Balaban J connectivity index is 2.12. The van der Waals surface area contributed by atoms with Gasteiger partial charge in [-0.1, -0.05) is 12.1 Å². The topological polar surface area (TPSA) is 80.3 Å². The van der Waals surface area contributed by atoms with Crippen molar-refractivity contribution >= 4 is 11.8 Å². The number of hydrogen-bond donors (Lipinski definition) is 1. The summed E-state index contributed by atoms with van der Waals surface area (Å²) in [7, 11) is 10.3. The molecule has 0 radical (unpaired) electrons. The van der Waals surface area contributed by atoms with Crippen molar-refractivity contribution in [1.29, 1.82) is 0 Å². The van der Waals surface area contributed by atoms with Crippen molar-refractivity contribution in [2.24, 2.45) is 0 Å². The first kappa shape index (κ1) is 23.4. The van der Waals surface area contributed by atoms with Crippen LogP contribution >= 0.6 is 0 Å². The van der Waals surface area contributed by atoms with E-state index in [0.29, 0.717) is 41.5 Å². The molecule has 1 aliphatic rings. The van der Waals surface area contributed by atoms with Gasteiger partial charge in [-0.25, -0.2) is 0 Å². The minimum atomic E-state index is -0.622. The number of carbonyl (C=O) groups is 2. The molecule has 2 atom stereocenters. The van der Waals surface area contributed by atoms with Gasteiger partial charge in [-0.3, -0.25) is 9.59 Å². The monoisotopic (exact) mass is 441 g/mol. The molecule has 0 bridgehead atoms. The van der Waals surface area contributed by atoms with Crippen LogP contribution in [0.2, 0.25) is 0 Å². The highest BCUT2D eigenvalue weighted by molar-refractivity contribution is 6.02. The van der Waals surface area contributed by atoms with Gasteiger partial charge in [0, 0.05) is 25.7 Å². The molecule has 1 aliphatic heterocycles. The normalized spacial score (nSPS) is 17.7. The van der Waals surface area contributed by atoms with Crippen LogP contribution in [0.15, 0.2) is 36.4 Å². The molecule has 0 fully saturated rings. The van der Waals surface area contributed by atoms with Crippen LogP contribution < -0.4 is 19.5 Å². The second-order valence-corrected chi connectivity index (χ2v) is 8.00. The zero-order valence-electron chi connectivity index (χ0n) is 19.5. The molecule has 8 heteroatoms. The number of hydrogen-bond acceptors (Lipinski definition) is 6. The highest BCUT2D eigenvalue weighted by Gasteiger charge is 2.43. The summed E-state index contributed by atoms with van der Waals surface area (Å²) in [4.78, 5) is 30.4. The minimum absolute atomic E-state index is 0.152. The van der Waals surface area contributed by atoms with Gasteiger partial charge in [-0.15, -0.1) is 0 Å². The summed E-state index contributed by atoms with van der Waals surface area (Å²) in [5.41, 5.74) is 1.89. The lowest BCUT2D eigenvalue weighted by Crippen LogP contribution is -2.46. The second-order valence-electron chi connectivity index (χ2n) is 8.00. The van der Waals surface area contributed by atoms with E-state index < -0.39 is 12.0 Å². The number of benzene rings is 2. The number of nitrogens with one attached hydrogen (secondary N) is 1. The van der Waals surface area contributed by atoms with Gasteiger partial charge < -0.3 is 29.3 Å². The van der Waals surface area contributed by atoms with Gasteiger partial charge in [-0.2, -0.15) is 0 Å². The summed E-state index contributed by atoms with van der Waals surface area (Å²) in [5.74, 6) is 0.672. The number of fused-ring (bicyclic) bond motifs is 1. The number of methoxy groups -OCH3 is 3. The minimum Gasteiger partial charge on any atom is -0.497 e. The summed E-state index contributed by atoms with van der Waals surface area (Å²) in [5, 5.41) is 3.03. The quantitative estimate of drug-likeness (QED) is 0.677. The molecule has 172 valence electrons. The van der Waals surface area contributed by atoms with Crippen LogP contribution in [0, 0.1) is 0 Å². The van der Waals surface area contributed by atoms with Crippen molar-refractivity contribution in [3.8, 4) is 17.2 Å². The first-order valence-corrected chi connectivity index (χ1v) is 10.4. The fourth-order valence-electron chi connectivity index (χ4n) is 4.06. The predicted molar refractivity (Wildman–Crippen MR) is 122 cm³/mol. The zero-order chi connectivity index (χ0) is 23.4. The Bertz CT molecular complexity index is 974. The van der Waals surface area contributed by atoms with Gasteiger partial charge in [0.05, 0.1) is 33.3 Å². The van der Waals surface area contributed by atoms with Crippen LogP contribution in [0.3, 0.4) is 0 Å². The van der Waals surface area contributed by atoms with E-state index in [1.165, 1.54) is 14.2 Å². The first-order valence-electron chi connectivity index (χ1n) is 10.4. The maximum Gasteiger partial charge on any atom is 0.254 e. The molecule has 1 heterocycles. The van der Waals surface area contributed by atoms with E-state index in [2.05, 4.69) is 5.32 Å². The second kappa shape index (κ2) is 9.91. The Morgan fingerprint density at radius 3 is 2.22 bits per heavy atom. The summed E-state index contributed by atoms with van der Waals surface area (Å²) in [6.45, 7) is 1.21. The smallest absolute Gasteiger partial charge is 0.254 e. The lowest BCUT2D eigenvalue weighted by atomic mass is 9.79. The van der Waals surface area contributed by atoms with Gasteiger partial charge in [0.1, 0.15) is 5.75 Å². The molecule has 0 unspecified atom stereocenters. The Kier molecular flexibility index (Phi) is 7.25. The standard InChI is InChI=1S/C24H31N3O5/c1-26(2)12-11-25-23(28)21-17-13-19(31-5)20(32-6)14-18(17)24(29)27(3)22(21)15-7-9-16(30-4)10-8-15/h7-10,13-14,21-22H,11-12H2,1-6H3,(H,25,28)/t21-,22-/m0/s1. The molecule has 2 amide bonds. The SMILES string of the molecule is COc1ccc([C@H]2[C@@H](C(=O)NCCN(C)C)c3cc(OC)c(OC)cc3C(=O)N2C)cc1. The van der Waals surface area contributed by atoms with Crippen LogP contribution in [0.1, 0.15) is 33.4 Å². The maximum atomic E-state index is 13.5. The Morgan fingerprint density at radius 2 is 1.66 bits per heavy atom. The van der Waals surface area contributed by atoms with E-state index in [4.69, 9.17) is 14.2 Å². The van der Waals surface area contributed by atoms with E-state index in [-0.39, 0.29) is 11.8 Å². The summed E-state index contributed by atoms with van der Waals surface area (Å²) < 4.78 is 16.1. The van der Waals surface area contributed by atoms with Gasteiger partial charge in [0.2, 0.25) is 5.91 Å². The Labute approximate surface area is 189 Å². The average Bonchev–Trinajstić information content (AvgIpc) is 2.80. The fraction of sp³-hybridized carbons (Fsp3) is 0.417. The lowest BCUT2D eigenvalue weighted by Gasteiger charge is -2.40. The van der Waals surface area contributed by atoms with E-state index in [1.807, 2.05) is 43.3 Å². The first-order chi connectivity index (χ1) is 15.3. The van der Waals surface area contributed by atoms with Crippen molar-refractivity contribution < 1.29 is 23.8 Å². The van der Waals surface area contributed by atoms with Crippen LogP contribution in [-0.4, -0.2) is 77.2 Å². The third-order valence-corrected chi connectivity index (χ3v) is 5.77. The summed E-state index contributed by atoms with van der Waals surface area (Å²) in [6.07, 6.45) is 0. The van der Waals surface area contributed by atoms with Crippen LogP contribution in [0.4, 0.5) is 0 Å². The van der Waals surface area contributed by atoms with Crippen LogP contribution in [0.5, 0.6) is 17.2 Å². The highest BCUT2D eigenvalue weighted by Crippen LogP contribution is 2.45. The largest absolute Gasteiger partial charge is 0.497 e. The van der Waals surface area contributed by atoms with E-state index >= 15 is 0 Å². The van der Waals surface area contributed by atoms with Crippen molar-refractivity contribution in [3.05, 3.63) is 53.1 Å². The van der Waals surface area contributed by atoms with Gasteiger partial charge in [0.25, 0.3) is 5.91 Å². The molecule has 0 aliphatic carbocycles. The molecule has 3 rings (SSSR count). The fourth-order valence-corrected chi connectivity index (χ4v) is 4.06. The molecule has 2 aromatic rings. The maximum absolute atomic E-state index is 13.5. The molecule has 0 spiro atoms. The average molecular weight is 442 g/mol. The van der Waals surface area contributed by atoms with Gasteiger partial charge >= 0.3 is 0 Å². The van der Waals surface area contributed by atoms with Gasteiger partial charge in [-0.05, 0) is 49.5 Å². The molecule has 0 saturated heterocycles. The van der Waals surface area contributed by atoms with E-state index in [1.54, 1.807) is 31.2 Å². The Hall–Kier alpha value is -3.26. The lowest BCUT2D eigenvalue weighted by molar-refractivity contribution is -0.124. The third-order valence-electron chi connectivity index (χ3n) is 5.77. The van der Waals surface area contributed by atoms with Crippen molar-refractivity contribution in [2.75, 3.05) is 55.6 Å². The Morgan fingerprint density at radius 1 is 1.03 bits per heavy atom. The molecule has 0 aromatic heterocycles. The zero-order valence-corrected chi connectivity index (χ0v) is 19.5. The van der Waals surface area contributed by atoms with Crippen molar-refractivity contribution in [2.45, 2.75) is 12.0 Å². The number of nitrogens with zero attached hydrogens (tertiary/aromatic N) is 2. The number of ether oxygens (including phenoxy) is 3. The number of likely N-dealkylation sites (N-methyl/N-ethyl adjacent to an activating group) is 2. The summed E-state index contributed by atoms with van der Waals surface area (Å²) in [6, 6.07) is 10.3. The van der Waals surface area contributed by atoms with Crippen LogP contribution in [0.25, 0.3) is 0 Å². The van der Waals surface area contributed by atoms with E-state index in [0.717, 1.165) is 5.56 Å². The van der Waals surface area contributed by atoms with Crippen LogP contribution in [-0.2, 0) is 4.79 Å². The molecular weight excluding hydrogens is 410 g/mol. The number of carbonyl (C=O) groups excluding carboxylic acids is 2. The summed E-state index contributed by atoms with van der Waals surface area (Å²) >= 11 is 0. The molecule has 1 N–H and O–H groups in total. The number of rotatable bonds is 8. The molecule has 32 heavy (non-hydrogen) atoms.